The summed E-state index contributed by atoms with van der Waals surface area (Å²) in [5, 5.41) is 6.39. The van der Waals surface area contributed by atoms with Crippen molar-refractivity contribution in [2.24, 2.45) is 0 Å². The van der Waals surface area contributed by atoms with Crippen LogP contribution in [0, 0.1) is 0 Å². The van der Waals surface area contributed by atoms with E-state index in [-0.39, 0.29) is 5.56 Å². The Labute approximate surface area is 172 Å². The maximum Gasteiger partial charge on any atom is 0.258 e. The highest BCUT2D eigenvalue weighted by Gasteiger charge is 2.18. The minimum absolute atomic E-state index is 0.000291. The van der Waals surface area contributed by atoms with Crippen LogP contribution in [0.15, 0.2) is 65.2 Å². The molecule has 8 heteroatoms. The molecule has 1 aliphatic heterocycles. The quantitative estimate of drug-likeness (QED) is 0.509. The van der Waals surface area contributed by atoms with Crippen LogP contribution >= 0.6 is 11.3 Å². The van der Waals surface area contributed by atoms with Crippen molar-refractivity contribution in [3.63, 3.8) is 0 Å². The van der Waals surface area contributed by atoms with Crippen LogP contribution < -0.4 is 5.56 Å². The van der Waals surface area contributed by atoms with Crippen LogP contribution in [-0.2, 0) is 13.1 Å². The molecule has 4 aromatic rings. The normalized spacial score (nSPS) is 15.9. The van der Waals surface area contributed by atoms with Gasteiger partial charge in [0, 0.05) is 68.7 Å². The first-order chi connectivity index (χ1) is 14.2. The molecule has 0 unspecified atom stereocenters. The molecule has 4 heterocycles. The Bertz CT molecular complexity index is 1160. The average Bonchev–Trinajstić information content (AvgIpc) is 3.40. The summed E-state index contributed by atoms with van der Waals surface area (Å²) in [6.07, 6.45) is 5.83. The van der Waals surface area contributed by atoms with Crippen LogP contribution in [0.25, 0.3) is 10.6 Å². The zero-order chi connectivity index (χ0) is 19.6. The molecule has 1 saturated heterocycles. The third-order valence-electron chi connectivity index (χ3n) is 5.27. The van der Waals surface area contributed by atoms with E-state index in [9.17, 15) is 4.79 Å². The second-order valence-electron chi connectivity index (χ2n) is 7.32. The second kappa shape index (κ2) is 7.90. The highest BCUT2D eigenvalue weighted by molar-refractivity contribution is 7.15. The summed E-state index contributed by atoms with van der Waals surface area (Å²) in [6, 6.07) is 11.8. The highest BCUT2D eigenvalue weighted by Crippen LogP contribution is 2.13. The number of fused-ring (bicyclic) bond motifs is 1. The van der Waals surface area contributed by atoms with Crippen molar-refractivity contribution in [1.29, 1.82) is 0 Å². The predicted molar refractivity (Wildman–Crippen MR) is 113 cm³/mol. The fourth-order valence-corrected chi connectivity index (χ4v) is 4.46. The van der Waals surface area contributed by atoms with Gasteiger partial charge >= 0.3 is 0 Å². The number of piperazine rings is 1. The summed E-state index contributed by atoms with van der Waals surface area (Å²) >= 11 is 1.50. The first-order valence-electron chi connectivity index (χ1n) is 9.74. The summed E-state index contributed by atoms with van der Waals surface area (Å²) in [4.78, 5) is 22.4. The van der Waals surface area contributed by atoms with Crippen LogP contribution in [-0.4, -0.2) is 55.1 Å². The van der Waals surface area contributed by atoms with Gasteiger partial charge in [-0.1, -0.05) is 18.2 Å². The molecule has 0 radical (unpaired) electrons. The molecule has 1 fully saturated rings. The van der Waals surface area contributed by atoms with Gasteiger partial charge in [0.25, 0.3) is 5.56 Å². The van der Waals surface area contributed by atoms with E-state index in [2.05, 4.69) is 38.2 Å². The zero-order valence-electron chi connectivity index (χ0n) is 16.0. The van der Waals surface area contributed by atoms with Gasteiger partial charge in [0.15, 0.2) is 4.96 Å². The molecule has 29 heavy (non-hydrogen) atoms. The fraction of sp³-hybridized carbons (Fsp3) is 0.286. The Morgan fingerprint density at radius 1 is 1.00 bits per heavy atom. The number of hydrogen-bond donors (Lipinski definition) is 0. The van der Waals surface area contributed by atoms with Crippen LogP contribution in [0.3, 0.4) is 0 Å². The second-order valence-corrected chi connectivity index (χ2v) is 8.20. The summed E-state index contributed by atoms with van der Waals surface area (Å²) in [6.45, 7) is 5.56. The van der Waals surface area contributed by atoms with Gasteiger partial charge in [0.2, 0.25) is 0 Å². The van der Waals surface area contributed by atoms with Gasteiger partial charge in [-0.2, -0.15) is 5.10 Å². The smallest absolute Gasteiger partial charge is 0.258 e. The highest BCUT2D eigenvalue weighted by atomic mass is 32.1. The van der Waals surface area contributed by atoms with E-state index in [0.29, 0.717) is 0 Å². The van der Waals surface area contributed by atoms with Crippen LogP contribution in [0.5, 0.6) is 0 Å². The number of benzene rings is 1. The van der Waals surface area contributed by atoms with Gasteiger partial charge in [0.1, 0.15) is 0 Å². The van der Waals surface area contributed by atoms with Crippen molar-refractivity contribution in [2.75, 3.05) is 26.2 Å². The molecule has 148 valence electrons. The van der Waals surface area contributed by atoms with E-state index in [1.165, 1.54) is 16.9 Å². The maximum atomic E-state index is 12.2. The molecule has 0 N–H and O–H groups in total. The standard InChI is InChI=1S/C21H22N6OS/c28-20-12-18(23-21-26(20)10-11-29-21)16-25-8-6-24(7-9-25)14-17-13-22-27(15-17)19-4-2-1-3-5-19/h1-5,10-13,15H,6-9,14,16H2. The molecule has 1 aliphatic rings. The minimum Gasteiger partial charge on any atom is -0.296 e. The van der Waals surface area contributed by atoms with Crippen molar-refractivity contribution in [3.8, 4) is 5.69 Å². The Kier molecular flexibility index (Phi) is 4.97. The lowest BCUT2D eigenvalue weighted by atomic mass is 10.2. The number of hydrogen-bond acceptors (Lipinski definition) is 6. The zero-order valence-corrected chi connectivity index (χ0v) is 16.8. The number of thiazole rings is 1. The molecule has 0 amide bonds. The molecule has 0 saturated carbocycles. The van der Waals surface area contributed by atoms with Gasteiger partial charge in [-0.25, -0.2) is 9.67 Å². The van der Waals surface area contributed by atoms with E-state index in [0.717, 1.165) is 55.6 Å². The number of aromatic nitrogens is 4. The molecule has 7 nitrogen and oxygen atoms in total. The number of rotatable bonds is 5. The summed E-state index contributed by atoms with van der Waals surface area (Å²) in [5.74, 6) is 0. The Morgan fingerprint density at radius 3 is 2.55 bits per heavy atom. The minimum atomic E-state index is 0.000291. The molecule has 3 aromatic heterocycles. The van der Waals surface area contributed by atoms with Gasteiger partial charge in [0.05, 0.1) is 17.6 Å². The Balaban J connectivity index is 1.17. The first kappa shape index (κ1) is 18.2. The van der Waals surface area contributed by atoms with E-state index < -0.39 is 0 Å². The van der Waals surface area contributed by atoms with Crippen LogP contribution in [0.4, 0.5) is 0 Å². The molecular formula is C21H22N6OS. The van der Waals surface area contributed by atoms with Crippen molar-refractivity contribution in [1.82, 2.24) is 29.0 Å². The van der Waals surface area contributed by atoms with E-state index in [1.807, 2.05) is 34.5 Å². The maximum absolute atomic E-state index is 12.2. The van der Waals surface area contributed by atoms with Crippen molar-refractivity contribution >= 4 is 16.3 Å². The molecule has 0 spiro atoms. The molecule has 0 aliphatic carbocycles. The van der Waals surface area contributed by atoms with E-state index in [4.69, 9.17) is 0 Å². The summed E-state index contributed by atoms with van der Waals surface area (Å²) < 4.78 is 3.53. The number of nitrogens with zero attached hydrogens (tertiary/aromatic N) is 6. The van der Waals surface area contributed by atoms with Crippen molar-refractivity contribution < 1.29 is 0 Å². The third-order valence-corrected chi connectivity index (χ3v) is 6.03. The molecular weight excluding hydrogens is 384 g/mol. The van der Waals surface area contributed by atoms with Crippen molar-refractivity contribution in [2.45, 2.75) is 13.1 Å². The lowest BCUT2D eigenvalue weighted by Crippen LogP contribution is -2.45. The lowest BCUT2D eigenvalue weighted by Gasteiger charge is -2.34. The van der Waals surface area contributed by atoms with Crippen LogP contribution in [0.2, 0.25) is 0 Å². The van der Waals surface area contributed by atoms with E-state index in [1.54, 1.807) is 16.7 Å². The lowest BCUT2D eigenvalue weighted by molar-refractivity contribution is 0.121. The Morgan fingerprint density at radius 2 is 1.76 bits per heavy atom. The predicted octanol–water partition coefficient (Wildman–Crippen LogP) is 2.26. The SMILES string of the molecule is O=c1cc(CN2CCN(Cc3cnn(-c4ccccc4)c3)CC2)nc2sccn12. The largest absolute Gasteiger partial charge is 0.296 e. The topological polar surface area (TPSA) is 58.7 Å². The van der Waals surface area contributed by atoms with Crippen molar-refractivity contribution in [3.05, 3.63) is 82.0 Å². The first-order valence-corrected chi connectivity index (χ1v) is 10.6. The van der Waals surface area contributed by atoms with E-state index >= 15 is 0 Å². The summed E-state index contributed by atoms with van der Waals surface area (Å²) in [5.41, 5.74) is 3.16. The average molecular weight is 407 g/mol. The Hall–Kier alpha value is -2.81. The molecule has 1 aromatic carbocycles. The van der Waals surface area contributed by atoms with Gasteiger partial charge < -0.3 is 0 Å². The molecule has 5 rings (SSSR count). The monoisotopic (exact) mass is 406 g/mol. The number of para-hydroxylation sites is 1. The van der Waals surface area contributed by atoms with Gasteiger partial charge in [-0.05, 0) is 12.1 Å². The summed E-state index contributed by atoms with van der Waals surface area (Å²) in [7, 11) is 0. The van der Waals surface area contributed by atoms with Gasteiger partial charge in [-0.3, -0.25) is 19.0 Å². The third kappa shape index (κ3) is 4.00. The molecule has 0 bridgehead atoms. The fourth-order valence-electron chi connectivity index (χ4n) is 3.73. The van der Waals surface area contributed by atoms with Crippen LogP contribution in [0.1, 0.15) is 11.3 Å². The van der Waals surface area contributed by atoms with Gasteiger partial charge in [-0.15, -0.1) is 11.3 Å². The molecule has 0 atom stereocenters.